The predicted molar refractivity (Wildman–Crippen MR) is 83.8 cm³/mol. The molecule has 5 heteroatoms. The van der Waals surface area contributed by atoms with Crippen LogP contribution in [0.15, 0.2) is 18.2 Å². The summed E-state index contributed by atoms with van der Waals surface area (Å²) in [7, 11) is 3.24. The Balaban J connectivity index is 2.34. The zero-order valence-electron chi connectivity index (χ0n) is 13.4. The van der Waals surface area contributed by atoms with Crippen molar-refractivity contribution in [1.82, 2.24) is 10.6 Å². The lowest BCUT2D eigenvalue weighted by Gasteiger charge is -2.12. The number of carbonyl (C=O) groups excluding carboxylic acids is 1. The molecular formula is C16H26N2O3. The van der Waals surface area contributed by atoms with E-state index in [9.17, 15) is 4.79 Å². The fraction of sp³-hybridized carbons (Fsp3) is 0.562. The number of hydrogen-bond acceptors (Lipinski definition) is 4. The molecule has 118 valence electrons. The highest BCUT2D eigenvalue weighted by Gasteiger charge is 2.06. The highest BCUT2D eigenvalue weighted by Crippen LogP contribution is 2.27. The van der Waals surface area contributed by atoms with Gasteiger partial charge in [0.1, 0.15) is 0 Å². The molecule has 1 aromatic rings. The second-order valence-electron chi connectivity index (χ2n) is 4.99. The van der Waals surface area contributed by atoms with Crippen LogP contribution in [0.4, 0.5) is 0 Å². The fourth-order valence-electron chi connectivity index (χ4n) is 1.87. The molecule has 0 aliphatic heterocycles. The summed E-state index contributed by atoms with van der Waals surface area (Å²) in [5, 5.41) is 6.20. The molecule has 1 rings (SSSR count). The maximum atomic E-state index is 11.6. The topological polar surface area (TPSA) is 59.6 Å². The Morgan fingerprint density at radius 1 is 1.24 bits per heavy atom. The molecule has 1 amide bonds. The third-order valence-electron chi connectivity index (χ3n) is 3.33. The van der Waals surface area contributed by atoms with E-state index in [1.807, 2.05) is 25.1 Å². The first-order valence-electron chi connectivity index (χ1n) is 7.31. The van der Waals surface area contributed by atoms with Crippen LogP contribution in [0.3, 0.4) is 0 Å². The standard InChI is InChI=1S/C16H26N2O3/c1-5-12(2)18-16(19)8-9-17-11-13-6-7-14(20-3)15(10-13)21-4/h6-7,10,12,17H,5,8-9,11H2,1-4H3,(H,18,19). The largest absolute Gasteiger partial charge is 0.493 e. The van der Waals surface area contributed by atoms with Gasteiger partial charge in [-0.2, -0.15) is 0 Å². The predicted octanol–water partition coefficient (Wildman–Crippen LogP) is 2.10. The van der Waals surface area contributed by atoms with Crippen LogP contribution in [-0.4, -0.2) is 32.7 Å². The molecule has 1 aromatic carbocycles. The summed E-state index contributed by atoms with van der Waals surface area (Å²) < 4.78 is 10.5. The van der Waals surface area contributed by atoms with Gasteiger partial charge in [-0.3, -0.25) is 4.79 Å². The van der Waals surface area contributed by atoms with Gasteiger partial charge < -0.3 is 20.1 Å². The van der Waals surface area contributed by atoms with Crippen LogP contribution >= 0.6 is 0 Å². The molecule has 5 nitrogen and oxygen atoms in total. The first kappa shape index (κ1) is 17.3. The van der Waals surface area contributed by atoms with E-state index in [1.165, 1.54) is 0 Å². The quantitative estimate of drug-likeness (QED) is 0.685. The number of methoxy groups -OCH3 is 2. The zero-order valence-corrected chi connectivity index (χ0v) is 13.4. The van der Waals surface area contributed by atoms with Crippen LogP contribution in [0, 0.1) is 0 Å². The maximum absolute atomic E-state index is 11.6. The van der Waals surface area contributed by atoms with Crippen LogP contribution in [0.5, 0.6) is 11.5 Å². The van der Waals surface area contributed by atoms with Crippen molar-refractivity contribution in [3.8, 4) is 11.5 Å². The number of amides is 1. The molecule has 0 aliphatic carbocycles. The van der Waals surface area contributed by atoms with Crippen molar-refractivity contribution in [1.29, 1.82) is 0 Å². The van der Waals surface area contributed by atoms with E-state index < -0.39 is 0 Å². The maximum Gasteiger partial charge on any atom is 0.221 e. The van der Waals surface area contributed by atoms with Gasteiger partial charge in [-0.15, -0.1) is 0 Å². The van der Waals surface area contributed by atoms with E-state index in [4.69, 9.17) is 9.47 Å². The first-order valence-corrected chi connectivity index (χ1v) is 7.31. The van der Waals surface area contributed by atoms with Gasteiger partial charge in [0.2, 0.25) is 5.91 Å². The fourth-order valence-corrected chi connectivity index (χ4v) is 1.87. The van der Waals surface area contributed by atoms with Gasteiger partial charge in [-0.05, 0) is 31.0 Å². The second kappa shape index (κ2) is 9.23. The van der Waals surface area contributed by atoms with Crippen molar-refractivity contribution in [3.63, 3.8) is 0 Å². The smallest absolute Gasteiger partial charge is 0.221 e. The van der Waals surface area contributed by atoms with Crippen LogP contribution in [0.1, 0.15) is 32.3 Å². The molecule has 0 saturated carbocycles. The summed E-state index contributed by atoms with van der Waals surface area (Å²) in [6, 6.07) is 6.03. The molecule has 0 bridgehead atoms. The summed E-state index contributed by atoms with van der Waals surface area (Å²) in [4.78, 5) is 11.6. The third kappa shape index (κ3) is 6.04. The normalized spacial score (nSPS) is 11.8. The summed E-state index contributed by atoms with van der Waals surface area (Å²) in [6.45, 7) is 5.41. The highest BCUT2D eigenvalue weighted by molar-refractivity contribution is 5.76. The van der Waals surface area contributed by atoms with Crippen LogP contribution in [0.2, 0.25) is 0 Å². The van der Waals surface area contributed by atoms with Crippen molar-refractivity contribution >= 4 is 5.91 Å². The highest BCUT2D eigenvalue weighted by atomic mass is 16.5. The zero-order chi connectivity index (χ0) is 15.7. The van der Waals surface area contributed by atoms with Crippen molar-refractivity contribution in [3.05, 3.63) is 23.8 Å². The van der Waals surface area contributed by atoms with Gasteiger partial charge in [0, 0.05) is 25.6 Å². The second-order valence-corrected chi connectivity index (χ2v) is 4.99. The average molecular weight is 294 g/mol. The third-order valence-corrected chi connectivity index (χ3v) is 3.33. The average Bonchev–Trinajstić information content (AvgIpc) is 2.51. The Morgan fingerprint density at radius 2 is 1.95 bits per heavy atom. The molecule has 1 atom stereocenters. The van der Waals surface area contributed by atoms with Gasteiger partial charge in [-0.1, -0.05) is 13.0 Å². The molecule has 0 saturated heterocycles. The van der Waals surface area contributed by atoms with Gasteiger partial charge in [0.05, 0.1) is 14.2 Å². The minimum atomic E-state index is 0.0872. The van der Waals surface area contributed by atoms with Crippen LogP contribution in [-0.2, 0) is 11.3 Å². The number of rotatable bonds is 9. The van der Waals surface area contributed by atoms with Gasteiger partial charge in [-0.25, -0.2) is 0 Å². The van der Waals surface area contributed by atoms with Crippen molar-refractivity contribution in [2.45, 2.75) is 39.3 Å². The Labute approximate surface area is 127 Å². The molecule has 0 aliphatic rings. The lowest BCUT2D eigenvalue weighted by atomic mass is 10.2. The SMILES string of the molecule is CCC(C)NC(=O)CCNCc1ccc(OC)c(OC)c1. The molecule has 0 heterocycles. The summed E-state index contributed by atoms with van der Waals surface area (Å²) in [6.07, 6.45) is 1.43. The Morgan fingerprint density at radius 3 is 2.57 bits per heavy atom. The Hall–Kier alpha value is -1.75. The monoisotopic (exact) mass is 294 g/mol. The number of carbonyl (C=O) groups is 1. The number of hydrogen-bond donors (Lipinski definition) is 2. The molecule has 0 radical (unpaired) electrons. The number of ether oxygens (including phenoxy) is 2. The van der Waals surface area contributed by atoms with E-state index in [-0.39, 0.29) is 11.9 Å². The van der Waals surface area contributed by atoms with E-state index >= 15 is 0 Å². The van der Waals surface area contributed by atoms with Crippen molar-refractivity contribution in [2.75, 3.05) is 20.8 Å². The molecule has 1 unspecified atom stereocenters. The van der Waals surface area contributed by atoms with E-state index in [0.29, 0.717) is 31.0 Å². The molecule has 0 aromatic heterocycles. The summed E-state index contributed by atoms with van der Waals surface area (Å²) in [5.41, 5.74) is 1.09. The Bertz CT molecular complexity index is 449. The van der Waals surface area contributed by atoms with Gasteiger partial charge >= 0.3 is 0 Å². The summed E-state index contributed by atoms with van der Waals surface area (Å²) >= 11 is 0. The molecule has 2 N–H and O–H groups in total. The minimum Gasteiger partial charge on any atom is -0.493 e. The Kier molecular flexibility index (Phi) is 7.61. The number of nitrogens with one attached hydrogen (secondary N) is 2. The van der Waals surface area contributed by atoms with Crippen molar-refractivity contribution in [2.24, 2.45) is 0 Å². The summed E-state index contributed by atoms with van der Waals surface area (Å²) in [5.74, 6) is 1.52. The molecule has 0 spiro atoms. The van der Waals surface area contributed by atoms with E-state index in [2.05, 4.69) is 17.6 Å². The number of benzene rings is 1. The minimum absolute atomic E-state index is 0.0872. The van der Waals surface area contributed by atoms with Crippen LogP contribution < -0.4 is 20.1 Å². The van der Waals surface area contributed by atoms with E-state index in [1.54, 1.807) is 14.2 Å². The lowest BCUT2D eigenvalue weighted by molar-refractivity contribution is -0.121. The van der Waals surface area contributed by atoms with Crippen molar-refractivity contribution < 1.29 is 14.3 Å². The van der Waals surface area contributed by atoms with Gasteiger partial charge in [0.25, 0.3) is 0 Å². The van der Waals surface area contributed by atoms with Gasteiger partial charge in [0.15, 0.2) is 11.5 Å². The van der Waals surface area contributed by atoms with Crippen LogP contribution in [0.25, 0.3) is 0 Å². The molecule has 0 fully saturated rings. The molecule has 21 heavy (non-hydrogen) atoms. The molecular weight excluding hydrogens is 268 g/mol. The first-order chi connectivity index (χ1) is 10.1. The lowest BCUT2D eigenvalue weighted by Crippen LogP contribution is -2.33. The van der Waals surface area contributed by atoms with E-state index in [0.717, 1.165) is 12.0 Å².